The Morgan fingerprint density at radius 1 is 0.471 bits per heavy atom. The first-order chi connectivity index (χ1) is 42.0. The van der Waals surface area contributed by atoms with Crippen LogP contribution in [-0.2, 0) is 22.4 Å². The van der Waals surface area contributed by atoms with Gasteiger partial charge in [0.05, 0.1) is 19.3 Å². The number of likely N-dealkylation sites (N-methyl/N-ethyl adjacent to an activating group) is 2. The van der Waals surface area contributed by atoms with Crippen molar-refractivity contribution in [3.05, 3.63) is 269 Å². The third-order valence-electron chi connectivity index (χ3n) is 14.6. The summed E-state index contributed by atoms with van der Waals surface area (Å²) in [7, 11) is 4.32. The molecule has 0 fully saturated rings. The van der Waals surface area contributed by atoms with Gasteiger partial charge < -0.3 is 34.1 Å². The lowest BCUT2D eigenvalue weighted by atomic mass is 9.91. The number of amides is 1. The number of rotatable bonds is 31. The van der Waals surface area contributed by atoms with Crippen LogP contribution in [0, 0.1) is 13.8 Å². The normalized spacial score (nSPS) is 11.8. The third kappa shape index (κ3) is 23.6. The number of halogens is 4. The molecule has 0 saturated carbocycles. The lowest BCUT2D eigenvalue weighted by Crippen LogP contribution is -2.45. The molecule has 0 aliphatic rings. The van der Waals surface area contributed by atoms with Crippen molar-refractivity contribution in [2.75, 3.05) is 66.7 Å². The third-order valence-corrected chi connectivity index (χ3v) is 15.6. The molecule has 8 aromatic rings. The quantitative estimate of drug-likeness (QED) is 0.0196. The Morgan fingerprint density at radius 3 is 1.07 bits per heavy atom. The highest BCUT2D eigenvalue weighted by atomic mass is 35.5. The van der Waals surface area contributed by atoms with E-state index in [0.29, 0.717) is 11.5 Å². The number of aryl methyl sites for hydroxylation is 4. The van der Waals surface area contributed by atoms with Gasteiger partial charge in [-0.15, -0.1) is 0 Å². The lowest BCUT2D eigenvalue weighted by molar-refractivity contribution is -0.137. The molecule has 0 aliphatic carbocycles. The van der Waals surface area contributed by atoms with Gasteiger partial charge in [-0.1, -0.05) is 160 Å². The van der Waals surface area contributed by atoms with E-state index in [-0.39, 0.29) is 38.3 Å². The van der Waals surface area contributed by atoms with Gasteiger partial charge in [0, 0.05) is 56.9 Å². The first-order valence-electron chi connectivity index (χ1n) is 29.1. The average Bonchev–Trinajstić information content (AvgIpc) is 3.38. The van der Waals surface area contributed by atoms with Crippen molar-refractivity contribution >= 4 is 58.1 Å². The Hall–Kier alpha value is -7.51. The second kappa shape index (κ2) is 35.3. The summed E-state index contributed by atoms with van der Waals surface area (Å²) < 4.78 is 23.5. The van der Waals surface area contributed by atoms with Crippen molar-refractivity contribution in [1.29, 1.82) is 0 Å². The van der Waals surface area contributed by atoms with Gasteiger partial charge in [0.2, 0.25) is 5.78 Å². The van der Waals surface area contributed by atoms with E-state index >= 15 is 0 Å². The van der Waals surface area contributed by atoms with Crippen molar-refractivity contribution in [3.8, 4) is 23.0 Å². The van der Waals surface area contributed by atoms with Crippen LogP contribution >= 0.6 is 46.4 Å². The number of nitrogens with one attached hydrogen (secondary N) is 1. The predicted octanol–water partition coefficient (Wildman–Crippen LogP) is 16.7. The number of ether oxygens (including phenoxy) is 4. The Kier molecular flexibility index (Phi) is 27.2. The molecule has 0 bridgehead atoms. The predicted molar refractivity (Wildman–Crippen MR) is 354 cm³/mol. The Balaban J connectivity index is 0.000000249. The van der Waals surface area contributed by atoms with Crippen LogP contribution in [0.15, 0.2) is 199 Å². The minimum absolute atomic E-state index is 0.164. The molecule has 2 atom stereocenters. The van der Waals surface area contributed by atoms with Crippen molar-refractivity contribution in [1.82, 2.24) is 15.1 Å². The zero-order valence-corrected chi connectivity index (χ0v) is 53.0. The van der Waals surface area contributed by atoms with E-state index in [2.05, 4.69) is 112 Å². The summed E-state index contributed by atoms with van der Waals surface area (Å²) in [5, 5.41) is 9.46. The number of benzene rings is 8. The Bertz CT molecular complexity index is 3300. The Labute approximate surface area is 532 Å². The van der Waals surface area contributed by atoms with Crippen LogP contribution in [0.4, 0.5) is 0 Å². The van der Waals surface area contributed by atoms with Crippen LogP contribution in [-0.4, -0.2) is 100 Å². The van der Waals surface area contributed by atoms with Crippen molar-refractivity contribution < 1.29 is 28.5 Å². The molecule has 1 amide bonds. The average molecular weight is 1250 g/mol. The molecule has 0 aliphatic heterocycles. The monoisotopic (exact) mass is 1250 g/mol. The molecule has 0 saturated heterocycles. The van der Waals surface area contributed by atoms with Gasteiger partial charge in [-0.05, 0) is 203 Å². The second-order valence-electron chi connectivity index (χ2n) is 21.8. The van der Waals surface area contributed by atoms with E-state index < -0.39 is 23.8 Å². The number of ketones is 1. The van der Waals surface area contributed by atoms with E-state index in [0.717, 1.165) is 94.6 Å². The molecule has 0 spiro atoms. The fraction of sp³-hybridized carbons (Fsp3) is 0.296. The number of hydrogen-bond acceptors (Lipinski definition) is 9. The number of hydrogen-bond donors (Lipinski definition) is 1. The molecule has 0 heterocycles. The fourth-order valence-electron chi connectivity index (χ4n) is 9.66. The molecule has 454 valence electrons. The maximum atomic E-state index is 12.1. The van der Waals surface area contributed by atoms with Crippen molar-refractivity contribution in [2.24, 2.45) is 5.11 Å². The number of carbonyl (C=O) groups is 2. The fourth-order valence-corrected chi connectivity index (χ4v) is 10.2. The van der Waals surface area contributed by atoms with Crippen LogP contribution in [0.5, 0.6) is 23.0 Å². The molecule has 0 radical (unpaired) electrons. The van der Waals surface area contributed by atoms with Gasteiger partial charge in [-0.25, -0.2) is 0 Å². The summed E-state index contributed by atoms with van der Waals surface area (Å²) >= 11 is 24.6. The first kappa shape index (κ1) is 67.0. The molecular weight excluding hydrogens is 1170 g/mol. The molecule has 8 rings (SSSR count). The number of Topliss-reactive ketones (excluding diaryl/α,β-unsaturated/α-hetero) is 1. The van der Waals surface area contributed by atoms with Gasteiger partial charge in [-0.3, -0.25) is 9.59 Å². The highest BCUT2D eigenvalue weighted by molar-refractivity contribution is 6.35. The van der Waals surface area contributed by atoms with E-state index in [9.17, 15) is 9.59 Å². The highest BCUT2D eigenvalue weighted by Crippen LogP contribution is 2.30. The standard InChI is InChI=1S/C37H40Cl2N2O4.C34H36Cl2N4O2/c1-26-6-18-34(19-7-26)44-24-33(40-37(43)27(2)42)25-45-35-20-8-28(9-21-35)5-4-22-41(3)23-36(29-10-14-31(38)15-11-29)30-12-16-32(39)17-13-30;1-25-5-17-32(18-6-25)41-23-31(38-39-37)24-42-33-19-7-26(8-20-33)4-3-21-40(2)22-34(27-9-13-29(35)14-10-27)28-11-15-30(36)16-12-28/h6-21,33,36H,4-5,22-25H2,1-3H3,(H,40,43);5-20,31,34H,3-4,21-24H2,1-2H3. The summed E-state index contributed by atoms with van der Waals surface area (Å²) in [5.41, 5.74) is 18.6. The molecule has 2 unspecified atom stereocenters. The smallest absolute Gasteiger partial charge is 0.287 e. The van der Waals surface area contributed by atoms with Crippen molar-refractivity contribution in [3.63, 3.8) is 0 Å². The zero-order chi connectivity index (χ0) is 61.9. The van der Waals surface area contributed by atoms with Crippen LogP contribution < -0.4 is 24.3 Å². The second-order valence-corrected chi connectivity index (χ2v) is 23.5. The van der Waals surface area contributed by atoms with E-state index in [1.165, 1.54) is 40.3 Å². The minimum Gasteiger partial charge on any atom is -0.493 e. The molecule has 8 aromatic carbocycles. The van der Waals surface area contributed by atoms with Gasteiger partial charge in [0.25, 0.3) is 5.91 Å². The van der Waals surface area contributed by atoms with Crippen LogP contribution in [0.1, 0.15) is 76.1 Å². The molecule has 87 heavy (non-hydrogen) atoms. The molecule has 12 nitrogen and oxygen atoms in total. The SMILES string of the molecule is CC(=O)C(=O)NC(COc1ccc(C)cc1)COc1ccc(CCCN(C)CC(c2ccc(Cl)cc2)c2ccc(Cl)cc2)cc1.Cc1ccc(OCC(COc2ccc(CCCN(C)CC(c3ccc(Cl)cc3)c3ccc(Cl)cc3)cc2)N=[N+]=[N-])cc1. The zero-order valence-electron chi connectivity index (χ0n) is 50.0. The van der Waals surface area contributed by atoms with Crippen LogP contribution in [0.3, 0.4) is 0 Å². The maximum Gasteiger partial charge on any atom is 0.287 e. The van der Waals surface area contributed by atoms with E-state index in [1.807, 2.05) is 135 Å². The molecule has 1 N–H and O–H groups in total. The largest absolute Gasteiger partial charge is 0.493 e. The Morgan fingerprint density at radius 2 is 0.770 bits per heavy atom. The lowest BCUT2D eigenvalue weighted by Gasteiger charge is -2.25. The van der Waals surface area contributed by atoms with Crippen LogP contribution in [0.2, 0.25) is 20.1 Å². The van der Waals surface area contributed by atoms with Crippen molar-refractivity contribution in [2.45, 2.75) is 70.4 Å². The molecular formula is C71H76Cl4N6O6. The van der Waals surface area contributed by atoms with Gasteiger partial charge in [0.15, 0.2) is 0 Å². The van der Waals surface area contributed by atoms with Crippen LogP contribution in [0.25, 0.3) is 10.4 Å². The van der Waals surface area contributed by atoms with Gasteiger partial charge in [-0.2, -0.15) is 0 Å². The first-order valence-corrected chi connectivity index (χ1v) is 30.6. The summed E-state index contributed by atoms with van der Waals surface area (Å²) in [6.07, 6.45) is 3.92. The van der Waals surface area contributed by atoms with Gasteiger partial charge >= 0.3 is 0 Å². The number of azide groups is 1. The van der Waals surface area contributed by atoms with E-state index in [1.54, 1.807) is 0 Å². The summed E-state index contributed by atoms with van der Waals surface area (Å²) in [4.78, 5) is 31.3. The highest BCUT2D eigenvalue weighted by Gasteiger charge is 2.21. The summed E-state index contributed by atoms with van der Waals surface area (Å²) in [5.74, 6) is 2.03. The van der Waals surface area contributed by atoms with Gasteiger partial charge in [0.1, 0.15) is 42.3 Å². The summed E-state index contributed by atoms with van der Waals surface area (Å²) in [6, 6.07) is 62.9. The minimum atomic E-state index is -0.663. The number of nitrogens with zero attached hydrogens (tertiary/aromatic N) is 5. The molecule has 16 heteroatoms. The number of carbonyl (C=O) groups excluding carboxylic acids is 2. The topological polar surface area (TPSA) is 138 Å². The molecule has 0 aromatic heterocycles. The van der Waals surface area contributed by atoms with E-state index in [4.69, 9.17) is 70.9 Å². The maximum absolute atomic E-state index is 12.1. The summed E-state index contributed by atoms with van der Waals surface area (Å²) in [6.45, 7) is 9.73.